The van der Waals surface area contributed by atoms with E-state index < -0.39 is 6.04 Å². The standard InChI is InChI=1S/C14H18ClN3O2/c1-9(17-14(20)10-4-2-3-5-10)13(19)18-12-7-6-11(15)8-16-12/h6-10H,2-5H2,1H3,(H,17,20)(H,16,18,19)/t9-/m1/s1. The van der Waals surface area contributed by atoms with E-state index in [0.717, 1.165) is 25.7 Å². The van der Waals surface area contributed by atoms with Crippen LogP contribution in [0.5, 0.6) is 0 Å². The monoisotopic (exact) mass is 295 g/mol. The number of hydrogen-bond donors (Lipinski definition) is 2. The number of carbonyl (C=O) groups excluding carboxylic acids is 2. The maximum atomic E-state index is 11.9. The Bertz CT molecular complexity index is 484. The Balaban J connectivity index is 1.85. The molecule has 5 nitrogen and oxygen atoms in total. The lowest BCUT2D eigenvalue weighted by molar-refractivity contribution is -0.128. The van der Waals surface area contributed by atoms with Crippen LogP contribution in [0.1, 0.15) is 32.6 Å². The molecule has 1 heterocycles. The summed E-state index contributed by atoms with van der Waals surface area (Å²) in [6, 6.07) is 2.68. The van der Waals surface area contributed by atoms with E-state index in [0.29, 0.717) is 10.8 Å². The molecule has 1 saturated carbocycles. The van der Waals surface area contributed by atoms with Crippen molar-refractivity contribution >= 4 is 29.2 Å². The maximum Gasteiger partial charge on any atom is 0.247 e. The van der Waals surface area contributed by atoms with Crippen LogP contribution in [-0.2, 0) is 9.59 Å². The fourth-order valence-corrected chi connectivity index (χ4v) is 2.38. The predicted molar refractivity (Wildman–Crippen MR) is 77.4 cm³/mol. The van der Waals surface area contributed by atoms with E-state index in [1.54, 1.807) is 19.1 Å². The average Bonchev–Trinajstić information content (AvgIpc) is 2.95. The number of pyridine rings is 1. The first-order valence-corrected chi connectivity index (χ1v) is 7.17. The summed E-state index contributed by atoms with van der Waals surface area (Å²) in [5, 5.41) is 5.90. The van der Waals surface area contributed by atoms with Crippen molar-refractivity contribution in [1.29, 1.82) is 0 Å². The van der Waals surface area contributed by atoms with Crippen molar-refractivity contribution in [1.82, 2.24) is 10.3 Å². The summed E-state index contributed by atoms with van der Waals surface area (Å²) in [5.41, 5.74) is 0. The first-order valence-electron chi connectivity index (χ1n) is 6.79. The number of halogens is 1. The van der Waals surface area contributed by atoms with E-state index in [-0.39, 0.29) is 17.7 Å². The molecular weight excluding hydrogens is 278 g/mol. The lowest BCUT2D eigenvalue weighted by Gasteiger charge is -2.16. The molecule has 2 rings (SSSR count). The number of aromatic nitrogens is 1. The summed E-state index contributed by atoms with van der Waals surface area (Å²) in [6.45, 7) is 1.66. The molecule has 108 valence electrons. The highest BCUT2D eigenvalue weighted by Crippen LogP contribution is 2.24. The Morgan fingerprint density at radius 3 is 2.65 bits per heavy atom. The van der Waals surface area contributed by atoms with Crippen LogP contribution in [0.4, 0.5) is 5.82 Å². The molecule has 0 radical (unpaired) electrons. The van der Waals surface area contributed by atoms with Gasteiger partial charge in [0.2, 0.25) is 11.8 Å². The van der Waals surface area contributed by atoms with Crippen molar-refractivity contribution in [2.75, 3.05) is 5.32 Å². The molecule has 1 aromatic rings. The Morgan fingerprint density at radius 2 is 2.05 bits per heavy atom. The van der Waals surface area contributed by atoms with Crippen molar-refractivity contribution in [3.8, 4) is 0 Å². The predicted octanol–water partition coefficient (Wildman–Crippen LogP) is 2.37. The Labute approximate surface area is 123 Å². The van der Waals surface area contributed by atoms with Crippen LogP contribution in [-0.4, -0.2) is 22.8 Å². The topological polar surface area (TPSA) is 71.1 Å². The van der Waals surface area contributed by atoms with Crippen molar-refractivity contribution < 1.29 is 9.59 Å². The zero-order chi connectivity index (χ0) is 14.5. The molecule has 0 saturated heterocycles. The molecule has 1 aromatic heterocycles. The van der Waals surface area contributed by atoms with Gasteiger partial charge < -0.3 is 10.6 Å². The molecule has 0 unspecified atom stereocenters. The van der Waals surface area contributed by atoms with E-state index in [2.05, 4.69) is 15.6 Å². The second kappa shape index (κ2) is 6.70. The van der Waals surface area contributed by atoms with Gasteiger partial charge in [-0.05, 0) is 31.9 Å². The van der Waals surface area contributed by atoms with E-state index in [4.69, 9.17) is 11.6 Å². The molecule has 2 N–H and O–H groups in total. The fraction of sp³-hybridized carbons (Fsp3) is 0.500. The van der Waals surface area contributed by atoms with Gasteiger partial charge >= 0.3 is 0 Å². The van der Waals surface area contributed by atoms with Crippen LogP contribution < -0.4 is 10.6 Å². The molecule has 2 amide bonds. The minimum atomic E-state index is -0.583. The van der Waals surface area contributed by atoms with Crippen LogP contribution in [0, 0.1) is 5.92 Å². The highest BCUT2D eigenvalue weighted by Gasteiger charge is 2.25. The van der Waals surface area contributed by atoms with Crippen LogP contribution in [0.2, 0.25) is 5.02 Å². The van der Waals surface area contributed by atoms with Gasteiger partial charge in [0, 0.05) is 12.1 Å². The Hall–Kier alpha value is -1.62. The average molecular weight is 296 g/mol. The highest BCUT2D eigenvalue weighted by molar-refractivity contribution is 6.30. The van der Waals surface area contributed by atoms with Gasteiger partial charge in [-0.2, -0.15) is 0 Å². The lowest BCUT2D eigenvalue weighted by Crippen LogP contribution is -2.43. The third kappa shape index (κ3) is 3.93. The van der Waals surface area contributed by atoms with Gasteiger partial charge in [-0.15, -0.1) is 0 Å². The molecule has 6 heteroatoms. The molecule has 20 heavy (non-hydrogen) atoms. The van der Waals surface area contributed by atoms with Crippen LogP contribution in [0.25, 0.3) is 0 Å². The third-order valence-corrected chi connectivity index (χ3v) is 3.68. The summed E-state index contributed by atoms with van der Waals surface area (Å²) in [5.74, 6) is 0.153. The second-order valence-corrected chi connectivity index (χ2v) is 5.50. The fourth-order valence-electron chi connectivity index (χ4n) is 2.27. The summed E-state index contributed by atoms with van der Waals surface area (Å²) in [6.07, 6.45) is 5.47. The summed E-state index contributed by atoms with van der Waals surface area (Å²) in [7, 11) is 0. The number of anilines is 1. The third-order valence-electron chi connectivity index (χ3n) is 3.46. The molecule has 1 aliphatic rings. The van der Waals surface area contributed by atoms with Gasteiger partial charge in [-0.25, -0.2) is 4.98 Å². The smallest absolute Gasteiger partial charge is 0.247 e. The number of carbonyl (C=O) groups is 2. The molecule has 0 aromatic carbocycles. The van der Waals surface area contributed by atoms with Crippen molar-refractivity contribution in [2.24, 2.45) is 5.92 Å². The minimum absolute atomic E-state index is 0.0331. The van der Waals surface area contributed by atoms with Crippen LogP contribution >= 0.6 is 11.6 Å². The van der Waals surface area contributed by atoms with Crippen molar-refractivity contribution in [3.05, 3.63) is 23.4 Å². The van der Waals surface area contributed by atoms with E-state index >= 15 is 0 Å². The molecule has 1 atom stereocenters. The quantitative estimate of drug-likeness (QED) is 0.896. The van der Waals surface area contributed by atoms with Gasteiger partial charge in [0.25, 0.3) is 0 Å². The zero-order valence-electron chi connectivity index (χ0n) is 11.4. The highest BCUT2D eigenvalue weighted by atomic mass is 35.5. The molecule has 0 aliphatic heterocycles. The summed E-state index contributed by atoms with van der Waals surface area (Å²) < 4.78 is 0. The first kappa shape index (κ1) is 14.8. The zero-order valence-corrected chi connectivity index (χ0v) is 12.1. The summed E-state index contributed by atoms with van der Waals surface area (Å²) in [4.78, 5) is 27.9. The summed E-state index contributed by atoms with van der Waals surface area (Å²) >= 11 is 5.72. The molecular formula is C14H18ClN3O2. The number of rotatable bonds is 4. The SMILES string of the molecule is C[C@@H](NC(=O)C1CCCC1)C(=O)Nc1ccc(Cl)cn1. The van der Waals surface area contributed by atoms with Gasteiger partial charge in [-0.1, -0.05) is 24.4 Å². The van der Waals surface area contributed by atoms with E-state index in [1.807, 2.05) is 0 Å². The molecule has 1 fully saturated rings. The number of nitrogens with one attached hydrogen (secondary N) is 2. The minimum Gasteiger partial charge on any atom is -0.344 e. The largest absolute Gasteiger partial charge is 0.344 e. The Morgan fingerprint density at radius 1 is 1.35 bits per heavy atom. The number of amides is 2. The Kier molecular flexibility index (Phi) is 4.95. The van der Waals surface area contributed by atoms with Gasteiger partial charge in [-0.3, -0.25) is 9.59 Å². The molecule has 0 bridgehead atoms. The first-order chi connectivity index (χ1) is 9.56. The van der Waals surface area contributed by atoms with Crippen molar-refractivity contribution in [2.45, 2.75) is 38.6 Å². The number of nitrogens with zero attached hydrogens (tertiary/aromatic N) is 1. The van der Waals surface area contributed by atoms with Crippen molar-refractivity contribution in [3.63, 3.8) is 0 Å². The molecule has 0 spiro atoms. The van der Waals surface area contributed by atoms with E-state index in [9.17, 15) is 9.59 Å². The van der Waals surface area contributed by atoms with Crippen LogP contribution in [0.3, 0.4) is 0 Å². The van der Waals surface area contributed by atoms with Crippen LogP contribution in [0.15, 0.2) is 18.3 Å². The van der Waals surface area contributed by atoms with Gasteiger partial charge in [0.05, 0.1) is 5.02 Å². The normalized spacial score (nSPS) is 16.7. The maximum absolute atomic E-state index is 11.9. The van der Waals surface area contributed by atoms with Gasteiger partial charge in [0.15, 0.2) is 0 Å². The number of hydrogen-bond acceptors (Lipinski definition) is 3. The lowest BCUT2D eigenvalue weighted by atomic mass is 10.1. The second-order valence-electron chi connectivity index (χ2n) is 5.06. The van der Waals surface area contributed by atoms with E-state index in [1.165, 1.54) is 6.20 Å². The molecule has 1 aliphatic carbocycles. The van der Waals surface area contributed by atoms with Gasteiger partial charge in [0.1, 0.15) is 11.9 Å².